The molecule has 0 radical (unpaired) electrons. The lowest BCUT2D eigenvalue weighted by Crippen LogP contribution is -2.47. The van der Waals surface area contributed by atoms with Crippen LogP contribution in [0.3, 0.4) is 0 Å². The Morgan fingerprint density at radius 2 is 2.06 bits per heavy atom. The maximum Gasteiger partial charge on any atom is 0.223 e. The molecule has 7 nitrogen and oxygen atoms in total. The van der Waals surface area contributed by atoms with Crippen molar-refractivity contribution in [2.24, 2.45) is 10.9 Å². The van der Waals surface area contributed by atoms with Crippen molar-refractivity contribution in [1.29, 1.82) is 0 Å². The molecule has 0 heterocycles. The first-order valence-electron chi connectivity index (χ1n) is 11.5. The molecule has 0 aliphatic heterocycles. The third-order valence-electron chi connectivity index (χ3n) is 5.50. The summed E-state index contributed by atoms with van der Waals surface area (Å²) in [4.78, 5) is 16.7. The van der Waals surface area contributed by atoms with E-state index >= 15 is 0 Å². The van der Waals surface area contributed by atoms with Crippen LogP contribution >= 0.6 is 0 Å². The number of hydrogen-bond donors (Lipinski definition) is 3. The number of aliphatic imine (C=N–C) groups is 1. The van der Waals surface area contributed by atoms with Gasteiger partial charge in [0.05, 0.1) is 13.7 Å². The standard InChI is InChI=1S/C24H40N4O3/c1-6-31-22-15-18(12-13-21(22)30-5)9-8-14-26-24(25-4)28-20-11-7-10-19(16-20)23(29)27-17(2)3/h12-13,15,17,19-20H,6-11,14,16H2,1-5H3,(H,27,29)(H2,25,26,28). The minimum Gasteiger partial charge on any atom is -0.493 e. The van der Waals surface area contributed by atoms with Gasteiger partial charge in [-0.3, -0.25) is 9.79 Å². The van der Waals surface area contributed by atoms with Crippen molar-refractivity contribution in [3.05, 3.63) is 23.8 Å². The molecule has 31 heavy (non-hydrogen) atoms. The van der Waals surface area contributed by atoms with Crippen LogP contribution in [0.25, 0.3) is 0 Å². The number of benzene rings is 1. The lowest BCUT2D eigenvalue weighted by molar-refractivity contribution is -0.126. The van der Waals surface area contributed by atoms with E-state index in [1.54, 1.807) is 14.2 Å². The summed E-state index contributed by atoms with van der Waals surface area (Å²) in [6.45, 7) is 7.42. The second kappa shape index (κ2) is 13.1. The van der Waals surface area contributed by atoms with E-state index in [1.165, 1.54) is 5.56 Å². The highest BCUT2D eigenvalue weighted by Crippen LogP contribution is 2.28. The van der Waals surface area contributed by atoms with Crippen LogP contribution in [-0.4, -0.2) is 51.3 Å². The minimum absolute atomic E-state index is 0.0846. The smallest absolute Gasteiger partial charge is 0.223 e. The van der Waals surface area contributed by atoms with Crippen molar-refractivity contribution >= 4 is 11.9 Å². The molecule has 1 aromatic carbocycles. The van der Waals surface area contributed by atoms with Gasteiger partial charge in [0.25, 0.3) is 0 Å². The fourth-order valence-corrected chi connectivity index (χ4v) is 3.99. The Morgan fingerprint density at radius 1 is 1.26 bits per heavy atom. The number of aryl methyl sites for hydroxylation is 1. The van der Waals surface area contributed by atoms with Gasteiger partial charge < -0.3 is 25.4 Å². The Balaban J connectivity index is 1.77. The highest BCUT2D eigenvalue weighted by Gasteiger charge is 2.27. The zero-order valence-corrected chi connectivity index (χ0v) is 19.8. The average molecular weight is 433 g/mol. The van der Waals surface area contributed by atoms with Crippen LogP contribution in [0.5, 0.6) is 11.5 Å². The van der Waals surface area contributed by atoms with Crippen molar-refractivity contribution in [3.8, 4) is 11.5 Å². The number of amides is 1. The summed E-state index contributed by atoms with van der Waals surface area (Å²) in [5.41, 5.74) is 1.22. The van der Waals surface area contributed by atoms with E-state index in [0.717, 1.165) is 62.5 Å². The monoisotopic (exact) mass is 432 g/mol. The topological polar surface area (TPSA) is 84.0 Å². The summed E-state index contributed by atoms with van der Waals surface area (Å²) in [5, 5.41) is 9.96. The lowest BCUT2D eigenvalue weighted by Gasteiger charge is -2.30. The van der Waals surface area contributed by atoms with Crippen LogP contribution in [0.2, 0.25) is 0 Å². The number of carbonyl (C=O) groups is 1. The van der Waals surface area contributed by atoms with Crippen LogP contribution in [0.15, 0.2) is 23.2 Å². The Bertz CT molecular complexity index is 721. The summed E-state index contributed by atoms with van der Waals surface area (Å²) in [7, 11) is 3.45. The lowest BCUT2D eigenvalue weighted by atomic mass is 9.85. The Labute approximate surface area is 187 Å². The molecule has 0 saturated heterocycles. The van der Waals surface area contributed by atoms with Gasteiger partial charge in [0.15, 0.2) is 17.5 Å². The molecule has 0 bridgehead atoms. The molecular weight excluding hydrogens is 392 g/mol. The molecule has 0 spiro atoms. The Hall–Kier alpha value is -2.44. The summed E-state index contributed by atoms with van der Waals surface area (Å²) in [5.74, 6) is 2.62. The fourth-order valence-electron chi connectivity index (χ4n) is 3.99. The average Bonchev–Trinajstić information content (AvgIpc) is 2.76. The van der Waals surface area contributed by atoms with E-state index in [0.29, 0.717) is 6.61 Å². The van der Waals surface area contributed by atoms with E-state index in [-0.39, 0.29) is 23.9 Å². The van der Waals surface area contributed by atoms with Crippen LogP contribution in [0.1, 0.15) is 58.4 Å². The molecule has 3 N–H and O–H groups in total. The number of nitrogens with zero attached hydrogens (tertiary/aromatic N) is 1. The first-order valence-corrected chi connectivity index (χ1v) is 11.5. The molecule has 7 heteroatoms. The predicted molar refractivity (Wildman–Crippen MR) is 126 cm³/mol. The van der Waals surface area contributed by atoms with Gasteiger partial charge in [-0.25, -0.2) is 0 Å². The largest absolute Gasteiger partial charge is 0.493 e. The van der Waals surface area contributed by atoms with Gasteiger partial charge in [0.2, 0.25) is 5.91 Å². The molecule has 2 unspecified atom stereocenters. The fraction of sp³-hybridized carbons (Fsp3) is 0.667. The van der Waals surface area contributed by atoms with Crippen molar-refractivity contribution in [3.63, 3.8) is 0 Å². The summed E-state index contributed by atoms with van der Waals surface area (Å²) in [6.07, 6.45) is 5.86. The van der Waals surface area contributed by atoms with Crippen molar-refractivity contribution < 1.29 is 14.3 Å². The number of methoxy groups -OCH3 is 1. The van der Waals surface area contributed by atoms with Gasteiger partial charge >= 0.3 is 0 Å². The number of guanidine groups is 1. The molecule has 1 aliphatic rings. The third-order valence-corrected chi connectivity index (χ3v) is 5.50. The molecule has 1 fully saturated rings. The van der Waals surface area contributed by atoms with E-state index in [9.17, 15) is 4.79 Å². The van der Waals surface area contributed by atoms with E-state index in [4.69, 9.17) is 9.47 Å². The molecule has 0 aromatic heterocycles. The van der Waals surface area contributed by atoms with Gasteiger partial charge in [-0.15, -0.1) is 0 Å². The van der Waals surface area contributed by atoms with Crippen LogP contribution in [0, 0.1) is 5.92 Å². The van der Waals surface area contributed by atoms with Gasteiger partial charge in [0, 0.05) is 31.6 Å². The van der Waals surface area contributed by atoms with Gasteiger partial charge in [-0.1, -0.05) is 12.5 Å². The second-order valence-corrected chi connectivity index (χ2v) is 8.39. The highest BCUT2D eigenvalue weighted by molar-refractivity contribution is 5.81. The Kier molecular flexibility index (Phi) is 10.5. The first kappa shape index (κ1) is 24.8. The summed E-state index contributed by atoms with van der Waals surface area (Å²) in [6, 6.07) is 6.56. The molecule has 1 aromatic rings. The number of hydrogen-bond acceptors (Lipinski definition) is 4. The molecule has 2 rings (SSSR count). The van der Waals surface area contributed by atoms with Crippen LogP contribution in [0.4, 0.5) is 0 Å². The van der Waals surface area contributed by atoms with Crippen LogP contribution in [-0.2, 0) is 11.2 Å². The van der Waals surface area contributed by atoms with Crippen molar-refractivity contribution in [2.75, 3.05) is 27.3 Å². The van der Waals surface area contributed by atoms with E-state index in [1.807, 2.05) is 26.8 Å². The molecule has 1 aliphatic carbocycles. The summed E-state index contributed by atoms with van der Waals surface area (Å²) >= 11 is 0. The van der Waals surface area contributed by atoms with E-state index in [2.05, 4.69) is 33.1 Å². The SMILES string of the molecule is CCOc1cc(CCCNC(=NC)NC2CCCC(C(=O)NC(C)C)C2)ccc1OC. The number of ether oxygens (including phenoxy) is 2. The number of rotatable bonds is 10. The first-order chi connectivity index (χ1) is 15.0. The molecule has 174 valence electrons. The highest BCUT2D eigenvalue weighted by atomic mass is 16.5. The van der Waals surface area contributed by atoms with Crippen molar-refractivity contribution in [1.82, 2.24) is 16.0 Å². The third kappa shape index (κ3) is 8.31. The molecular formula is C24H40N4O3. The quantitative estimate of drug-likeness (QED) is 0.300. The van der Waals surface area contributed by atoms with Crippen LogP contribution < -0.4 is 25.4 Å². The normalized spacial score (nSPS) is 19.1. The molecule has 1 amide bonds. The Morgan fingerprint density at radius 3 is 2.74 bits per heavy atom. The molecule has 2 atom stereocenters. The zero-order chi connectivity index (χ0) is 22.6. The van der Waals surface area contributed by atoms with Crippen molar-refractivity contribution in [2.45, 2.75) is 71.4 Å². The molecule has 1 saturated carbocycles. The predicted octanol–water partition coefficient (Wildman–Crippen LogP) is 3.27. The van der Waals surface area contributed by atoms with Gasteiger partial charge in [-0.2, -0.15) is 0 Å². The number of nitrogens with one attached hydrogen (secondary N) is 3. The van der Waals surface area contributed by atoms with Gasteiger partial charge in [0.1, 0.15) is 0 Å². The zero-order valence-electron chi connectivity index (χ0n) is 19.8. The second-order valence-electron chi connectivity index (χ2n) is 8.39. The maximum absolute atomic E-state index is 12.4. The van der Waals surface area contributed by atoms with E-state index < -0.39 is 0 Å². The minimum atomic E-state index is 0.0846. The number of carbonyl (C=O) groups excluding carboxylic acids is 1. The summed E-state index contributed by atoms with van der Waals surface area (Å²) < 4.78 is 11.0. The maximum atomic E-state index is 12.4. The van der Waals surface area contributed by atoms with Gasteiger partial charge in [-0.05, 0) is 70.6 Å².